The fourth-order valence-corrected chi connectivity index (χ4v) is 4.31. The van der Waals surface area contributed by atoms with Crippen LogP contribution < -0.4 is 10.2 Å². The number of benzene rings is 2. The molecule has 0 aliphatic rings. The Morgan fingerprint density at radius 1 is 0.784 bits per heavy atom. The van der Waals surface area contributed by atoms with Crippen LogP contribution in [0.2, 0.25) is 0 Å². The summed E-state index contributed by atoms with van der Waals surface area (Å²) in [6.45, 7) is 2.21. The van der Waals surface area contributed by atoms with E-state index >= 15 is 0 Å². The summed E-state index contributed by atoms with van der Waals surface area (Å²) in [6.07, 6.45) is 12.6. The lowest BCUT2D eigenvalue weighted by Crippen LogP contribution is -2.16. The summed E-state index contributed by atoms with van der Waals surface area (Å²) in [5.74, 6) is -2.92. The van der Waals surface area contributed by atoms with E-state index in [-0.39, 0.29) is 40.2 Å². The Bertz CT molecular complexity index is 1260. The summed E-state index contributed by atoms with van der Waals surface area (Å²) in [4.78, 5) is 25.8. The first kappa shape index (κ1) is 27.9. The summed E-state index contributed by atoms with van der Waals surface area (Å²) in [5, 5.41) is 39.3. The lowest BCUT2D eigenvalue weighted by Gasteiger charge is -2.12. The highest BCUT2D eigenvalue weighted by atomic mass is 16.5. The number of phenolic OH excluding ortho intramolecular Hbond substituents is 4. The van der Waals surface area contributed by atoms with Gasteiger partial charge in [-0.3, -0.25) is 9.59 Å². The predicted molar refractivity (Wildman–Crippen MR) is 141 cm³/mol. The van der Waals surface area contributed by atoms with Crippen LogP contribution in [-0.4, -0.2) is 26.4 Å². The minimum absolute atomic E-state index is 0.107. The minimum Gasteiger partial charge on any atom is -0.508 e. The molecule has 0 spiro atoms. The second-order valence-corrected chi connectivity index (χ2v) is 9.39. The van der Waals surface area contributed by atoms with Crippen LogP contribution in [0.4, 0.5) is 0 Å². The Labute approximate surface area is 216 Å². The van der Waals surface area contributed by atoms with E-state index in [4.69, 9.17) is 9.15 Å². The van der Waals surface area contributed by atoms with Crippen molar-refractivity contribution >= 4 is 16.9 Å². The van der Waals surface area contributed by atoms with Gasteiger partial charge in [0.1, 0.15) is 22.5 Å². The molecule has 0 aliphatic carbocycles. The van der Waals surface area contributed by atoms with Gasteiger partial charge in [0.2, 0.25) is 11.2 Å². The second-order valence-electron chi connectivity index (χ2n) is 9.39. The molecule has 3 rings (SSSR count). The molecule has 37 heavy (non-hydrogen) atoms. The zero-order chi connectivity index (χ0) is 26.8. The van der Waals surface area contributed by atoms with Crippen LogP contribution in [-0.2, 0) is 4.79 Å². The van der Waals surface area contributed by atoms with Crippen molar-refractivity contribution in [2.75, 3.05) is 0 Å². The molecular weight excluding hydrogens is 476 g/mol. The molecule has 8 nitrogen and oxygen atoms in total. The normalized spacial score (nSPS) is 11.2. The molecule has 1 heterocycles. The Morgan fingerprint density at radius 2 is 1.41 bits per heavy atom. The summed E-state index contributed by atoms with van der Waals surface area (Å²) < 4.78 is 11.2. The van der Waals surface area contributed by atoms with Crippen molar-refractivity contribution in [3.63, 3.8) is 0 Å². The number of rotatable bonds is 14. The van der Waals surface area contributed by atoms with Gasteiger partial charge in [-0.25, -0.2) is 0 Å². The first-order chi connectivity index (χ1) is 17.8. The Balaban J connectivity index is 1.66. The Hall–Kier alpha value is -3.68. The maximum atomic E-state index is 13.2. The van der Waals surface area contributed by atoms with Gasteiger partial charge in [0.15, 0.2) is 17.3 Å². The first-order valence-corrected chi connectivity index (χ1v) is 13.1. The topological polar surface area (TPSA) is 137 Å². The highest BCUT2D eigenvalue weighted by Gasteiger charge is 2.23. The molecular formula is C29H36O8. The number of hydrogen-bond acceptors (Lipinski definition) is 8. The average molecular weight is 513 g/mol. The molecule has 0 amide bonds. The minimum atomic E-state index is -0.798. The highest BCUT2D eigenvalue weighted by Crippen LogP contribution is 2.38. The van der Waals surface area contributed by atoms with Gasteiger partial charge in [-0.1, -0.05) is 71.1 Å². The highest BCUT2D eigenvalue weighted by molar-refractivity contribution is 5.89. The van der Waals surface area contributed by atoms with E-state index in [9.17, 15) is 30.0 Å². The summed E-state index contributed by atoms with van der Waals surface area (Å²) in [6, 6.07) is 5.87. The summed E-state index contributed by atoms with van der Waals surface area (Å²) >= 11 is 0. The van der Waals surface area contributed by atoms with Gasteiger partial charge in [0.25, 0.3) is 0 Å². The third-order valence-corrected chi connectivity index (χ3v) is 6.36. The van der Waals surface area contributed by atoms with E-state index in [1.807, 2.05) is 0 Å². The molecule has 0 radical (unpaired) electrons. The van der Waals surface area contributed by atoms with Crippen LogP contribution in [0.5, 0.6) is 28.7 Å². The molecule has 1 aromatic heterocycles. The van der Waals surface area contributed by atoms with Gasteiger partial charge in [0, 0.05) is 24.1 Å². The molecule has 4 N–H and O–H groups in total. The van der Waals surface area contributed by atoms with E-state index < -0.39 is 28.6 Å². The van der Waals surface area contributed by atoms with E-state index in [1.165, 1.54) is 57.1 Å². The number of phenols is 4. The van der Waals surface area contributed by atoms with Crippen molar-refractivity contribution in [1.82, 2.24) is 0 Å². The van der Waals surface area contributed by atoms with E-state index in [0.717, 1.165) is 37.5 Å². The monoisotopic (exact) mass is 512 g/mol. The maximum Gasteiger partial charge on any atom is 0.311 e. The van der Waals surface area contributed by atoms with Crippen molar-refractivity contribution in [3.05, 3.63) is 40.6 Å². The number of ether oxygens (including phenoxy) is 1. The number of hydrogen-bond donors (Lipinski definition) is 4. The van der Waals surface area contributed by atoms with Gasteiger partial charge >= 0.3 is 5.97 Å². The molecule has 8 heteroatoms. The molecule has 0 fully saturated rings. The van der Waals surface area contributed by atoms with E-state index in [0.29, 0.717) is 6.42 Å². The van der Waals surface area contributed by atoms with Crippen molar-refractivity contribution in [2.45, 2.75) is 84.0 Å². The molecule has 0 atom stereocenters. The van der Waals surface area contributed by atoms with Gasteiger partial charge in [-0.15, -0.1) is 0 Å². The number of aromatic hydroxyl groups is 4. The SMILES string of the molecule is CCCCCCCCCCCCCC(=O)Oc1c(-c2ccc(O)c(O)c2)oc2cc(O)cc(O)c2c1=O. The van der Waals surface area contributed by atoms with Gasteiger partial charge in [0.05, 0.1) is 0 Å². The summed E-state index contributed by atoms with van der Waals surface area (Å²) in [5.41, 5.74) is -0.765. The van der Waals surface area contributed by atoms with Crippen LogP contribution in [0.15, 0.2) is 39.5 Å². The lowest BCUT2D eigenvalue weighted by molar-refractivity contribution is -0.134. The van der Waals surface area contributed by atoms with Crippen molar-refractivity contribution in [2.24, 2.45) is 0 Å². The van der Waals surface area contributed by atoms with Gasteiger partial charge < -0.3 is 29.6 Å². The standard InChI is InChI=1S/C29H36O8/c1-2-3-4-5-6-7-8-9-10-11-12-13-25(34)37-29-27(35)26-23(33)17-20(30)18-24(26)36-28(29)19-14-15-21(31)22(32)16-19/h14-18,30-33H,2-13H2,1H3. The van der Waals surface area contributed by atoms with Gasteiger partial charge in [-0.05, 0) is 24.6 Å². The zero-order valence-corrected chi connectivity index (χ0v) is 21.3. The quantitative estimate of drug-likeness (QED) is 0.104. The second kappa shape index (κ2) is 13.6. The first-order valence-electron chi connectivity index (χ1n) is 13.1. The Kier molecular flexibility index (Phi) is 10.2. The molecule has 200 valence electrons. The largest absolute Gasteiger partial charge is 0.508 e. The predicted octanol–water partition coefficient (Wildman–Crippen LogP) is 6.89. The fourth-order valence-electron chi connectivity index (χ4n) is 4.31. The van der Waals surface area contributed by atoms with Crippen LogP contribution in [0.3, 0.4) is 0 Å². The van der Waals surface area contributed by atoms with Crippen molar-refractivity contribution in [1.29, 1.82) is 0 Å². The molecule has 0 aliphatic heterocycles. The van der Waals surface area contributed by atoms with Crippen LogP contribution in [0.25, 0.3) is 22.3 Å². The van der Waals surface area contributed by atoms with Crippen LogP contribution in [0, 0.1) is 0 Å². The molecule has 0 bridgehead atoms. The van der Waals surface area contributed by atoms with Gasteiger partial charge in [-0.2, -0.15) is 0 Å². The van der Waals surface area contributed by atoms with Crippen LogP contribution in [0.1, 0.15) is 84.0 Å². The average Bonchev–Trinajstić information content (AvgIpc) is 2.85. The molecule has 3 aromatic rings. The molecule has 2 aromatic carbocycles. The van der Waals surface area contributed by atoms with E-state index in [2.05, 4.69) is 6.92 Å². The number of esters is 1. The van der Waals surface area contributed by atoms with Crippen molar-refractivity contribution < 1.29 is 34.4 Å². The lowest BCUT2D eigenvalue weighted by atomic mass is 10.1. The smallest absolute Gasteiger partial charge is 0.311 e. The number of fused-ring (bicyclic) bond motifs is 1. The zero-order valence-electron chi connectivity index (χ0n) is 21.3. The van der Waals surface area contributed by atoms with E-state index in [1.54, 1.807) is 0 Å². The fraction of sp³-hybridized carbons (Fsp3) is 0.448. The molecule has 0 saturated heterocycles. The third kappa shape index (κ3) is 7.65. The van der Waals surface area contributed by atoms with Crippen LogP contribution >= 0.6 is 0 Å². The number of unbranched alkanes of at least 4 members (excludes halogenated alkanes) is 10. The maximum absolute atomic E-state index is 13.2. The third-order valence-electron chi connectivity index (χ3n) is 6.36. The summed E-state index contributed by atoms with van der Waals surface area (Å²) in [7, 11) is 0. The van der Waals surface area contributed by atoms with Crippen molar-refractivity contribution in [3.8, 4) is 40.1 Å². The number of carbonyl (C=O) groups excluding carboxylic acids is 1. The molecule has 0 saturated carbocycles. The number of carbonyl (C=O) groups is 1. The Morgan fingerprint density at radius 3 is 2.03 bits per heavy atom. The molecule has 0 unspecified atom stereocenters.